The fourth-order valence-corrected chi connectivity index (χ4v) is 9.45. The molecule has 13 nitrogen and oxygen atoms in total. The predicted octanol–water partition coefficient (Wildman–Crippen LogP) is 8.48. The van der Waals surface area contributed by atoms with Crippen LogP contribution in [-0.2, 0) is 19.5 Å². The summed E-state index contributed by atoms with van der Waals surface area (Å²) in [7, 11) is 0. The van der Waals surface area contributed by atoms with Gasteiger partial charge in [0.15, 0.2) is 5.65 Å². The molecule has 1 N–H and O–H groups in total. The average Bonchev–Trinajstić information content (AvgIpc) is 3.94. The fourth-order valence-electron chi connectivity index (χ4n) is 9.45. The van der Waals surface area contributed by atoms with Crippen LogP contribution in [0.3, 0.4) is 0 Å². The van der Waals surface area contributed by atoms with E-state index in [1.807, 2.05) is 15.5 Å². The summed E-state index contributed by atoms with van der Waals surface area (Å²) < 4.78 is 106. The zero-order valence-corrected chi connectivity index (χ0v) is 35.3. The van der Waals surface area contributed by atoms with Gasteiger partial charge in [-0.3, -0.25) is 13.9 Å². The van der Waals surface area contributed by atoms with Gasteiger partial charge in [0.2, 0.25) is 5.95 Å². The minimum Gasteiger partial charge on any atom is -0.435 e. The number of nitrogens with one attached hydrogen (secondary N) is 1. The first-order valence-electron chi connectivity index (χ1n) is 21.4. The van der Waals surface area contributed by atoms with E-state index in [0.717, 1.165) is 22.7 Å². The van der Waals surface area contributed by atoms with Crippen molar-refractivity contribution in [2.75, 3.05) is 31.5 Å². The third-order valence-electron chi connectivity index (χ3n) is 13.0. The molecular weight excluding hydrogens is 874 g/mol. The number of alkyl halides is 5. The Morgan fingerprint density at radius 2 is 1.76 bits per heavy atom. The number of nitrogens with zero attached hydrogens (tertiary/aromatic N) is 9. The standard InChI is InChI=1S/C46H41F7N10O3/c1-26-38-40(58-43(56-26)57-29-5-2-4-28(47)20-29)63(30-11-17-59(18-12-30)25-45(14-15-45)46(51,52)53)44(65)62(38)31-8-10-36(55-22-31)41(64)60-19-13-33-34-6-3-16-54-39(34)61(37(33)24-60)23-27-7-9-32(21-35(27)48)66-42(49)50/h2-10,16,20-22,30,42H,11-15,17-19,23-25H2,1H3,(H,56,57,58). The highest BCUT2D eigenvalue weighted by Crippen LogP contribution is 2.58. The Balaban J connectivity index is 0.942. The number of halogens is 7. The largest absolute Gasteiger partial charge is 0.435 e. The highest BCUT2D eigenvalue weighted by molar-refractivity contribution is 5.93. The molecule has 342 valence electrons. The molecule has 2 fully saturated rings. The molecule has 0 radical (unpaired) electrons. The lowest BCUT2D eigenvalue weighted by Gasteiger charge is -2.35. The third kappa shape index (κ3) is 7.89. The summed E-state index contributed by atoms with van der Waals surface area (Å²) in [5, 5.41) is 3.86. The molecule has 20 heteroatoms. The van der Waals surface area contributed by atoms with Crippen LogP contribution in [0.4, 0.5) is 42.4 Å². The van der Waals surface area contributed by atoms with E-state index in [2.05, 4.69) is 25.0 Å². The summed E-state index contributed by atoms with van der Waals surface area (Å²) in [4.78, 5) is 50.7. The zero-order chi connectivity index (χ0) is 46.1. The van der Waals surface area contributed by atoms with E-state index in [0.29, 0.717) is 67.1 Å². The van der Waals surface area contributed by atoms with Crippen molar-refractivity contribution in [1.29, 1.82) is 0 Å². The Bertz CT molecular complexity index is 3060. The van der Waals surface area contributed by atoms with Crippen LogP contribution in [-0.4, -0.2) is 88.3 Å². The second kappa shape index (κ2) is 16.6. The number of hydrogen-bond donors (Lipinski definition) is 1. The van der Waals surface area contributed by atoms with Crippen molar-refractivity contribution in [1.82, 2.24) is 43.4 Å². The number of aromatic nitrogens is 7. The maximum absolute atomic E-state index is 15.2. The highest BCUT2D eigenvalue weighted by atomic mass is 19.4. The quantitative estimate of drug-likeness (QED) is 0.127. The summed E-state index contributed by atoms with van der Waals surface area (Å²) in [5.41, 5.74) is 2.12. The monoisotopic (exact) mass is 914 g/mol. The van der Waals surface area contributed by atoms with Crippen molar-refractivity contribution in [2.45, 2.75) is 70.9 Å². The Morgan fingerprint density at radius 3 is 2.45 bits per heavy atom. The van der Waals surface area contributed by atoms with Gasteiger partial charge in [0.1, 0.15) is 34.2 Å². The first-order chi connectivity index (χ1) is 31.7. The van der Waals surface area contributed by atoms with Crippen molar-refractivity contribution >= 4 is 39.7 Å². The number of likely N-dealkylation sites (tertiary alicyclic amines) is 1. The predicted molar refractivity (Wildman–Crippen MR) is 228 cm³/mol. The van der Waals surface area contributed by atoms with Crippen LogP contribution in [0.5, 0.6) is 5.75 Å². The van der Waals surface area contributed by atoms with E-state index in [1.54, 1.807) is 40.8 Å². The second-order valence-corrected chi connectivity index (χ2v) is 17.1. The average molecular weight is 915 g/mol. The van der Waals surface area contributed by atoms with Crippen molar-refractivity contribution < 1.29 is 40.3 Å². The molecule has 1 aliphatic carbocycles. The smallest absolute Gasteiger partial charge is 0.395 e. The molecule has 0 bridgehead atoms. The number of pyridine rings is 2. The zero-order valence-electron chi connectivity index (χ0n) is 35.3. The van der Waals surface area contributed by atoms with Gasteiger partial charge in [-0.05, 0) is 93.1 Å². The number of amides is 1. The van der Waals surface area contributed by atoms with Crippen LogP contribution in [0, 0.1) is 24.0 Å². The third-order valence-corrected chi connectivity index (χ3v) is 13.0. The number of fused-ring (bicyclic) bond motifs is 4. The van der Waals surface area contributed by atoms with Crippen LogP contribution < -0.4 is 15.7 Å². The minimum atomic E-state index is -4.28. The van der Waals surface area contributed by atoms with E-state index >= 15 is 4.39 Å². The summed E-state index contributed by atoms with van der Waals surface area (Å²) >= 11 is 0. The number of ether oxygens (including phenoxy) is 1. The van der Waals surface area contributed by atoms with Gasteiger partial charge >= 0.3 is 18.5 Å². The number of carbonyl (C=O) groups excluding carboxylic acids is 1. The van der Waals surface area contributed by atoms with Crippen molar-refractivity contribution in [3.8, 4) is 11.4 Å². The molecule has 2 aliphatic heterocycles. The van der Waals surface area contributed by atoms with E-state index in [1.165, 1.54) is 47.2 Å². The number of benzene rings is 2. The van der Waals surface area contributed by atoms with Gasteiger partial charge in [-0.1, -0.05) is 12.1 Å². The van der Waals surface area contributed by atoms with E-state index < -0.39 is 47.5 Å². The van der Waals surface area contributed by atoms with E-state index in [-0.39, 0.29) is 61.1 Å². The Kier molecular flexibility index (Phi) is 10.8. The molecular formula is C46H41F7N10O3. The SMILES string of the molecule is Cc1nc(Nc2cccc(F)c2)nc2c1n(-c1ccc(C(=O)N3CCc4c(n(Cc5ccc(OC(F)F)cc5F)c5ncccc45)C3)nc1)c(=O)n2C1CCN(CC2(C(F)(F)F)CC2)CC1. The van der Waals surface area contributed by atoms with E-state index in [9.17, 15) is 35.9 Å². The van der Waals surface area contributed by atoms with Crippen LogP contribution in [0.2, 0.25) is 0 Å². The maximum Gasteiger partial charge on any atom is 0.395 e. The molecule has 0 unspecified atom stereocenters. The van der Waals surface area contributed by atoms with Crippen LogP contribution >= 0.6 is 0 Å². The number of carbonyl (C=O) groups is 1. The Labute approximate surface area is 371 Å². The highest BCUT2D eigenvalue weighted by Gasteiger charge is 2.63. The molecule has 3 aliphatic rings. The van der Waals surface area contributed by atoms with Gasteiger partial charge in [0, 0.05) is 66.8 Å². The number of aryl methyl sites for hydroxylation is 1. The van der Waals surface area contributed by atoms with Crippen LogP contribution in [0.1, 0.15) is 64.7 Å². The van der Waals surface area contributed by atoms with Crippen LogP contribution in [0.25, 0.3) is 27.9 Å². The molecule has 0 spiro atoms. The Morgan fingerprint density at radius 1 is 0.955 bits per heavy atom. The summed E-state index contributed by atoms with van der Waals surface area (Å²) in [5.74, 6) is -1.82. The molecule has 5 aromatic heterocycles. The molecule has 7 aromatic rings. The van der Waals surface area contributed by atoms with Gasteiger partial charge < -0.3 is 24.4 Å². The maximum atomic E-state index is 15.2. The van der Waals surface area contributed by atoms with Crippen molar-refractivity contribution in [3.63, 3.8) is 0 Å². The molecule has 0 atom stereocenters. The summed E-state index contributed by atoms with van der Waals surface area (Å²) in [6.07, 6.45) is 0.182. The normalized spacial score (nSPS) is 16.6. The lowest BCUT2D eigenvalue weighted by Crippen LogP contribution is -2.43. The molecule has 7 heterocycles. The molecule has 1 amide bonds. The van der Waals surface area contributed by atoms with E-state index in [4.69, 9.17) is 4.98 Å². The Hall–Kier alpha value is -6.83. The number of hydrogen-bond acceptors (Lipinski definition) is 9. The van der Waals surface area contributed by atoms with Gasteiger partial charge in [0.05, 0.1) is 36.1 Å². The molecule has 1 saturated carbocycles. The first-order valence-corrected chi connectivity index (χ1v) is 21.4. The molecule has 10 rings (SSSR count). The number of anilines is 2. The molecule has 2 aromatic carbocycles. The van der Waals surface area contributed by atoms with Crippen molar-refractivity contribution in [2.24, 2.45) is 5.41 Å². The minimum absolute atomic E-state index is 0.00430. The van der Waals surface area contributed by atoms with Gasteiger partial charge in [0.25, 0.3) is 5.91 Å². The topological polar surface area (TPSA) is 128 Å². The first kappa shape index (κ1) is 43.1. The number of piperidine rings is 1. The second-order valence-electron chi connectivity index (χ2n) is 17.1. The molecule has 1 saturated heterocycles. The summed E-state index contributed by atoms with van der Waals surface area (Å²) in [6, 6.07) is 15.7. The summed E-state index contributed by atoms with van der Waals surface area (Å²) in [6.45, 7) is -0.333. The number of imidazole rings is 1. The van der Waals surface area contributed by atoms with Gasteiger partial charge in [-0.25, -0.2) is 28.5 Å². The van der Waals surface area contributed by atoms with Crippen LogP contribution in [0.15, 0.2) is 83.9 Å². The lowest BCUT2D eigenvalue weighted by atomic mass is 10.0. The van der Waals surface area contributed by atoms with Gasteiger partial charge in [-0.15, -0.1) is 0 Å². The lowest BCUT2D eigenvalue weighted by molar-refractivity contribution is -0.192. The molecule has 66 heavy (non-hydrogen) atoms. The fraction of sp³-hybridized carbons (Fsp3) is 0.348. The van der Waals surface area contributed by atoms with Gasteiger partial charge in [-0.2, -0.15) is 26.9 Å². The van der Waals surface area contributed by atoms with Crippen molar-refractivity contribution in [3.05, 3.63) is 129 Å². The number of rotatable bonds is 11.